The van der Waals surface area contributed by atoms with Crippen LogP contribution < -0.4 is 5.32 Å². The molecule has 1 N–H and O–H groups in total. The number of halogens is 1. The number of hydrogen-bond acceptors (Lipinski definition) is 4. The quantitative estimate of drug-likeness (QED) is 0.667. The van der Waals surface area contributed by atoms with Gasteiger partial charge in [0.05, 0.1) is 9.40 Å². The smallest absolute Gasteiger partial charge is 0.283 e. The van der Waals surface area contributed by atoms with Crippen LogP contribution in [-0.2, 0) is 0 Å². The Balaban J connectivity index is 2.41. The van der Waals surface area contributed by atoms with Crippen LogP contribution in [0.15, 0.2) is 22.7 Å². The first-order chi connectivity index (χ1) is 9.80. The summed E-state index contributed by atoms with van der Waals surface area (Å²) < 4.78 is 0.532. The SMILES string of the molecule is CC(C)(C)[C@@H](c1ccc(Br)c([N+](=O)[O-])c1)N1CCNCC1. The molecule has 6 heteroatoms. The minimum absolute atomic E-state index is 0.0129. The van der Waals surface area contributed by atoms with Crippen LogP contribution in [0.4, 0.5) is 5.69 Å². The lowest BCUT2D eigenvalue weighted by Gasteiger charge is -2.42. The van der Waals surface area contributed by atoms with Crippen molar-refractivity contribution in [2.24, 2.45) is 5.41 Å². The third kappa shape index (κ3) is 3.81. The Hall–Kier alpha value is -0.980. The minimum atomic E-state index is -0.328. The van der Waals surface area contributed by atoms with Gasteiger partial charge in [-0.2, -0.15) is 0 Å². The Morgan fingerprint density at radius 3 is 2.48 bits per heavy atom. The maximum absolute atomic E-state index is 11.2. The molecular weight excluding hydrogens is 334 g/mol. The molecule has 21 heavy (non-hydrogen) atoms. The van der Waals surface area contributed by atoms with Gasteiger partial charge < -0.3 is 5.32 Å². The predicted octanol–water partition coefficient (Wildman–Crippen LogP) is 3.35. The molecule has 1 aromatic carbocycles. The van der Waals surface area contributed by atoms with Crippen molar-refractivity contribution in [2.45, 2.75) is 26.8 Å². The molecular formula is C15H22BrN3O2. The van der Waals surface area contributed by atoms with Crippen LogP contribution in [0, 0.1) is 15.5 Å². The summed E-state index contributed by atoms with van der Waals surface area (Å²) >= 11 is 3.26. The molecule has 1 atom stereocenters. The predicted molar refractivity (Wildman–Crippen MR) is 87.4 cm³/mol. The minimum Gasteiger partial charge on any atom is -0.314 e. The van der Waals surface area contributed by atoms with Crippen molar-refractivity contribution >= 4 is 21.6 Å². The van der Waals surface area contributed by atoms with Crippen LogP contribution in [0.25, 0.3) is 0 Å². The van der Waals surface area contributed by atoms with Crippen molar-refractivity contribution in [3.05, 3.63) is 38.3 Å². The fourth-order valence-electron chi connectivity index (χ4n) is 3.04. The normalized spacial score (nSPS) is 18.5. The topological polar surface area (TPSA) is 58.4 Å². The number of nitro groups is 1. The second-order valence-corrected chi connectivity index (χ2v) is 7.38. The zero-order chi connectivity index (χ0) is 15.6. The Bertz CT molecular complexity index is 522. The molecule has 0 saturated carbocycles. The van der Waals surface area contributed by atoms with Gasteiger partial charge in [0.1, 0.15) is 0 Å². The number of nitrogens with one attached hydrogen (secondary N) is 1. The van der Waals surface area contributed by atoms with Crippen molar-refractivity contribution in [1.82, 2.24) is 10.2 Å². The fourth-order valence-corrected chi connectivity index (χ4v) is 3.43. The first-order valence-electron chi connectivity index (χ1n) is 7.19. The molecule has 0 amide bonds. The highest BCUT2D eigenvalue weighted by molar-refractivity contribution is 9.10. The summed E-state index contributed by atoms with van der Waals surface area (Å²) in [5.74, 6) is 0. The van der Waals surface area contributed by atoms with Gasteiger partial charge in [-0.3, -0.25) is 15.0 Å². The zero-order valence-electron chi connectivity index (χ0n) is 12.7. The summed E-state index contributed by atoms with van der Waals surface area (Å²) in [4.78, 5) is 13.3. The Morgan fingerprint density at radius 1 is 1.33 bits per heavy atom. The summed E-state index contributed by atoms with van der Waals surface area (Å²) in [5.41, 5.74) is 1.16. The molecule has 0 spiro atoms. The van der Waals surface area contributed by atoms with Crippen molar-refractivity contribution in [2.75, 3.05) is 26.2 Å². The number of piperazine rings is 1. The molecule has 1 fully saturated rings. The van der Waals surface area contributed by atoms with E-state index in [4.69, 9.17) is 0 Å². The summed E-state index contributed by atoms with van der Waals surface area (Å²) in [7, 11) is 0. The number of hydrogen-bond donors (Lipinski definition) is 1. The van der Waals surface area contributed by atoms with Gasteiger partial charge in [-0.15, -0.1) is 0 Å². The van der Waals surface area contributed by atoms with Crippen LogP contribution in [0.3, 0.4) is 0 Å². The van der Waals surface area contributed by atoms with Gasteiger partial charge in [-0.25, -0.2) is 0 Å². The van der Waals surface area contributed by atoms with Crippen molar-refractivity contribution in [3.8, 4) is 0 Å². The van der Waals surface area contributed by atoms with Crippen LogP contribution in [0.1, 0.15) is 32.4 Å². The summed E-state index contributed by atoms with van der Waals surface area (Å²) in [6.07, 6.45) is 0. The van der Waals surface area contributed by atoms with Gasteiger partial charge in [0, 0.05) is 38.3 Å². The lowest BCUT2D eigenvalue weighted by molar-refractivity contribution is -0.385. The molecule has 0 aliphatic carbocycles. The van der Waals surface area contributed by atoms with Crippen molar-refractivity contribution < 1.29 is 4.92 Å². The second kappa shape index (κ2) is 6.42. The van der Waals surface area contributed by atoms with E-state index in [1.165, 1.54) is 0 Å². The number of benzene rings is 1. The highest BCUT2D eigenvalue weighted by Gasteiger charge is 2.33. The van der Waals surface area contributed by atoms with Crippen LogP contribution >= 0.6 is 15.9 Å². The third-order valence-electron chi connectivity index (χ3n) is 3.82. The molecule has 116 valence electrons. The Morgan fingerprint density at radius 2 is 1.95 bits per heavy atom. The molecule has 0 radical (unpaired) electrons. The lowest BCUT2D eigenvalue weighted by Crippen LogP contribution is -2.48. The van der Waals surface area contributed by atoms with E-state index in [-0.39, 0.29) is 22.1 Å². The summed E-state index contributed by atoms with van der Waals surface area (Å²) in [6.45, 7) is 10.4. The van der Waals surface area contributed by atoms with E-state index in [0.717, 1.165) is 31.7 Å². The van der Waals surface area contributed by atoms with Crippen LogP contribution in [0.2, 0.25) is 0 Å². The van der Waals surface area contributed by atoms with E-state index >= 15 is 0 Å². The second-order valence-electron chi connectivity index (χ2n) is 6.52. The molecule has 0 aromatic heterocycles. The number of nitrogens with zero attached hydrogens (tertiary/aromatic N) is 2. The molecule has 1 aliphatic heterocycles. The van der Waals surface area contributed by atoms with Gasteiger partial charge in [0.15, 0.2) is 0 Å². The van der Waals surface area contributed by atoms with E-state index in [2.05, 4.69) is 46.9 Å². The number of nitro benzene ring substituents is 1. The van der Waals surface area contributed by atoms with Crippen LogP contribution in [-0.4, -0.2) is 36.0 Å². The maximum Gasteiger partial charge on any atom is 0.283 e. The molecule has 0 bridgehead atoms. The molecule has 0 unspecified atom stereocenters. The summed E-state index contributed by atoms with van der Waals surface area (Å²) in [5, 5.41) is 14.5. The molecule has 1 aromatic rings. The highest BCUT2D eigenvalue weighted by Crippen LogP contribution is 2.40. The largest absolute Gasteiger partial charge is 0.314 e. The molecule has 5 nitrogen and oxygen atoms in total. The van der Waals surface area contributed by atoms with Crippen molar-refractivity contribution in [3.63, 3.8) is 0 Å². The van der Waals surface area contributed by atoms with Gasteiger partial charge in [-0.1, -0.05) is 26.8 Å². The van der Waals surface area contributed by atoms with E-state index in [9.17, 15) is 10.1 Å². The highest BCUT2D eigenvalue weighted by atomic mass is 79.9. The number of rotatable bonds is 3. The van der Waals surface area contributed by atoms with E-state index in [0.29, 0.717) is 4.47 Å². The molecule has 1 heterocycles. The molecule has 2 rings (SSSR count). The van der Waals surface area contributed by atoms with Gasteiger partial charge in [-0.05, 0) is 33.0 Å². The lowest BCUT2D eigenvalue weighted by atomic mass is 9.81. The average molecular weight is 356 g/mol. The first kappa shape index (κ1) is 16.4. The monoisotopic (exact) mass is 355 g/mol. The third-order valence-corrected chi connectivity index (χ3v) is 4.49. The maximum atomic E-state index is 11.2. The van der Waals surface area contributed by atoms with E-state index in [1.54, 1.807) is 12.1 Å². The first-order valence-corrected chi connectivity index (χ1v) is 7.98. The van der Waals surface area contributed by atoms with Gasteiger partial charge in [0.25, 0.3) is 5.69 Å². The Labute approximate surface area is 134 Å². The van der Waals surface area contributed by atoms with E-state index in [1.807, 2.05) is 6.07 Å². The molecule has 1 aliphatic rings. The summed E-state index contributed by atoms with van der Waals surface area (Å²) in [6, 6.07) is 5.66. The standard InChI is InChI=1S/C15H22BrN3O2/c1-15(2,3)14(18-8-6-17-7-9-18)11-4-5-12(16)13(10-11)19(20)21/h4-5,10,14,17H,6-9H2,1-3H3/t14-/m1/s1. The van der Waals surface area contributed by atoms with Crippen LogP contribution in [0.5, 0.6) is 0 Å². The fraction of sp³-hybridized carbons (Fsp3) is 0.600. The Kier molecular flexibility index (Phi) is 5.01. The van der Waals surface area contributed by atoms with E-state index < -0.39 is 0 Å². The average Bonchev–Trinajstić information content (AvgIpc) is 2.40. The van der Waals surface area contributed by atoms with Gasteiger partial charge in [0.2, 0.25) is 0 Å². The van der Waals surface area contributed by atoms with Crippen molar-refractivity contribution in [1.29, 1.82) is 0 Å². The zero-order valence-corrected chi connectivity index (χ0v) is 14.3. The molecule has 1 saturated heterocycles. The van der Waals surface area contributed by atoms with Gasteiger partial charge >= 0.3 is 0 Å².